The Morgan fingerprint density at radius 3 is 2.35 bits per heavy atom. The molecule has 0 saturated heterocycles. The fraction of sp³-hybridized carbons (Fsp3) is 0.500. The number of carbonyl (C=O) groups is 1. The monoisotopic (exact) mass is 289 g/mol. The van der Waals surface area contributed by atoms with E-state index in [1.165, 1.54) is 6.92 Å². The summed E-state index contributed by atoms with van der Waals surface area (Å²) in [6.45, 7) is 1.81. The summed E-state index contributed by atoms with van der Waals surface area (Å²) in [5.74, 6) is 0.484. The first-order valence-corrected chi connectivity index (χ1v) is 6.44. The normalized spacial score (nSPS) is 11.2. The lowest BCUT2D eigenvalue weighted by atomic mass is 10.2. The fourth-order valence-electron chi connectivity index (χ4n) is 1.63. The molecule has 0 bridgehead atoms. The second-order valence-electron chi connectivity index (χ2n) is 4.48. The largest absolute Gasteiger partial charge is 0.494 e. The first kappa shape index (κ1) is 16.3. The van der Waals surface area contributed by atoms with Crippen LogP contribution in [-0.2, 0) is 4.79 Å². The van der Waals surface area contributed by atoms with Gasteiger partial charge in [0.2, 0.25) is 5.91 Å². The summed E-state index contributed by atoms with van der Waals surface area (Å²) in [6, 6.07) is 6.84. The average molecular weight is 289 g/mol. The molecule has 3 nitrogen and oxygen atoms in total. The first-order chi connectivity index (χ1) is 9.37. The van der Waals surface area contributed by atoms with Crippen LogP contribution >= 0.6 is 0 Å². The Balaban J connectivity index is 2.17. The Kier molecular flexibility index (Phi) is 6.35. The van der Waals surface area contributed by atoms with Gasteiger partial charge in [0, 0.05) is 19.0 Å². The number of carbonyl (C=O) groups excluding carboxylic acids is 1. The third-order valence-electron chi connectivity index (χ3n) is 2.55. The van der Waals surface area contributed by atoms with E-state index in [1.807, 2.05) is 0 Å². The van der Waals surface area contributed by atoms with E-state index in [0.717, 1.165) is 0 Å². The highest BCUT2D eigenvalue weighted by Crippen LogP contribution is 2.22. The summed E-state index contributed by atoms with van der Waals surface area (Å²) in [6.07, 6.45) is -3.60. The van der Waals surface area contributed by atoms with Gasteiger partial charge in [-0.1, -0.05) is 0 Å². The van der Waals surface area contributed by atoms with E-state index in [1.54, 1.807) is 24.3 Å². The van der Waals surface area contributed by atoms with Gasteiger partial charge in [0.15, 0.2) is 0 Å². The molecule has 6 heteroatoms. The summed E-state index contributed by atoms with van der Waals surface area (Å²) >= 11 is 0. The number of rotatable bonds is 7. The Morgan fingerprint density at radius 1 is 1.15 bits per heavy atom. The minimum absolute atomic E-state index is 0.133. The van der Waals surface area contributed by atoms with Crippen molar-refractivity contribution in [3.05, 3.63) is 24.3 Å². The number of unbranched alkanes of at least 4 members (excludes halogenated alkanes) is 2. The van der Waals surface area contributed by atoms with Crippen molar-refractivity contribution in [3.63, 3.8) is 0 Å². The number of halogens is 3. The molecule has 1 N–H and O–H groups in total. The van der Waals surface area contributed by atoms with Crippen LogP contribution in [0.3, 0.4) is 0 Å². The summed E-state index contributed by atoms with van der Waals surface area (Å²) in [4.78, 5) is 10.8. The maximum absolute atomic E-state index is 11.9. The molecular formula is C14H18F3NO2. The molecule has 0 aromatic heterocycles. The molecule has 0 atom stereocenters. The van der Waals surface area contributed by atoms with E-state index in [-0.39, 0.29) is 12.3 Å². The number of hydrogen-bond donors (Lipinski definition) is 1. The first-order valence-electron chi connectivity index (χ1n) is 6.44. The summed E-state index contributed by atoms with van der Waals surface area (Å²) < 4.78 is 41.1. The molecular weight excluding hydrogens is 271 g/mol. The van der Waals surface area contributed by atoms with Crippen molar-refractivity contribution in [2.24, 2.45) is 0 Å². The van der Waals surface area contributed by atoms with E-state index in [9.17, 15) is 18.0 Å². The SMILES string of the molecule is CC(=O)Nc1ccc(OCCCCCC(F)(F)F)cc1. The van der Waals surface area contributed by atoms with E-state index < -0.39 is 12.6 Å². The molecule has 0 heterocycles. The average Bonchev–Trinajstić information content (AvgIpc) is 2.33. The topological polar surface area (TPSA) is 38.3 Å². The minimum atomic E-state index is -4.07. The van der Waals surface area contributed by atoms with Crippen molar-refractivity contribution in [3.8, 4) is 5.75 Å². The number of amides is 1. The maximum atomic E-state index is 11.9. The predicted octanol–water partition coefficient (Wildman–Crippen LogP) is 4.15. The van der Waals surface area contributed by atoms with Gasteiger partial charge in [0.25, 0.3) is 0 Å². The minimum Gasteiger partial charge on any atom is -0.494 e. The van der Waals surface area contributed by atoms with E-state index in [4.69, 9.17) is 4.74 Å². The van der Waals surface area contributed by atoms with Crippen molar-refractivity contribution in [2.75, 3.05) is 11.9 Å². The Bertz CT molecular complexity index is 415. The van der Waals surface area contributed by atoms with Crippen LogP contribution in [0, 0.1) is 0 Å². The number of ether oxygens (including phenoxy) is 1. The fourth-order valence-corrected chi connectivity index (χ4v) is 1.63. The number of hydrogen-bond acceptors (Lipinski definition) is 2. The Labute approximate surface area is 116 Å². The molecule has 0 saturated carbocycles. The second kappa shape index (κ2) is 7.77. The van der Waals surface area contributed by atoms with Gasteiger partial charge >= 0.3 is 6.18 Å². The van der Waals surface area contributed by atoms with Crippen LogP contribution in [0.1, 0.15) is 32.6 Å². The lowest BCUT2D eigenvalue weighted by Gasteiger charge is -2.08. The highest BCUT2D eigenvalue weighted by molar-refractivity contribution is 5.88. The third-order valence-corrected chi connectivity index (χ3v) is 2.55. The number of benzene rings is 1. The Hall–Kier alpha value is -1.72. The molecule has 0 aliphatic rings. The van der Waals surface area contributed by atoms with Gasteiger partial charge < -0.3 is 10.1 Å². The molecule has 1 aromatic carbocycles. The predicted molar refractivity (Wildman–Crippen MR) is 70.8 cm³/mol. The second-order valence-corrected chi connectivity index (χ2v) is 4.48. The number of alkyl halides is 3. The molecule has 20 heavy (non-hydrogen) atoms. The van der Waals surface area contributed by atoms with Crippen LogP contribution in [-0.4, -0.2) is 18.7 Å². The van der Waals surface area contributed by atoms with Gasteiger partial charge in [0.05, 0.1) is 6.61 Å². The van der Waals surface area contributed by atoms with Gasteiger partial charge in [-0.2, -0.15) is 13.2 Å². The maximum Gasteiger partial charge on any atom is 0.389 e. The standard InChI is InChI=1S/C14H18F3NO2/c1-11(19)18-12-5-7-13(8-6-12)20-10-4-2-3-9-14(15,16)17/h5-8H,2-4,9-10H2,1H3,(H,18,19). The molecule has 0 aliphatic heterocycles. The zero-order chi connectivity index (χ0) is 15.0. The van der Waals surface area contributed by atoms with Crippen molar-refractivity contribution in [1.29, 1.82) is 0 Å². The zero-order valence-electron chi connectivity index (χ0n) is 11.3. The van der Waals surface area contributed by atoms with Crippen molar-refractivity contribution in [1.82, 2.24) is 0 Å². The van der Waals surface area contributed by atoms with Gasteiger partial charge in [-0.15, -0.1) is 0 Å². The molecule has 0 fully saturated rings. The van der Waals surface area contributed by atoms with Crippen LogP contribution in [0.4, 0.5) is 18.9 Å². The smallest absolute Gasteiger partial charge is 0.389 e. The van der Waals surface area contributed by atoms with Crippen LogP contribution in [0.5, 0.6) is 5.75 Å². The van der Waals surface area contributed by atoms with Gasteiger partial charge in [0.1, 0.15) is 5.75 Å². The molecule has 1 aromatic rings. The number of anilines is 1. The van der Waals surface area contributed by atoms with Crippen LogP contribution in [0.25, 0.3) is 0 Å². The molecule has 0 aliphatic carbocycles. The molecule has 0 radical (unpaired) electrons. The Morgan fingerprint density at radius 2 is 1.80 bits per heavy atom. The summed E-state index contributed by atoms with van der Waals surface area (Å²) in [7, 11) is 0. The van der Waals surface area contributed by atoms with Crippen LogP contribution in [0.2, 0.25) is 0 Å². The zero-order valence-corrected chi connectivity index (χ0v) is 11.3. The number of nitrogens with one attached hydrogen (secondary N) is 1. The molecule has 112 valence electrons. The van der Waals surface area contributed by atoms with E-state index >= 15 is 0 Å². The third kappa shape index (κ3) is 7.66. The van der Waals surface area contributed by atoms with Gasteiger partial charge in [-0.25, -0.2) is 0 Å². The highest BCUT2D eigenvalue weighted by Gasteiger charge is 2.25. The highest BCUT2D eigenvalue weighted by atomic mass is 19.4. The van der Waals surface area contributed by atoms with Crippen LogP contribution in [0.15, 0.2) is 24.3 Å². The lowest BCUT2D eigenvalue weighted by Crippen LogP contribution is -2.07. The molecule has 0 unspecified atom stereocenters. The van der Waals surface area contributed by atoms with Gasteiger partial charge in [-0.05, 0) is 43.5 Å². The quantitative estimate of drug-likeness (QED) is 0.766. The molecule has 1 rings (SSSR count). The van der Waals surface area contributed by atoms with Crippen molar-refractivity contribution in [2.45, 2.75) is 38.8 Å². The summed E-state index contributed by atoms with van der Waals surface area (Å²) in [5.41, 5.74) is 0.676. The summed E-state index contributed by atoms with van der Waals surface area (Å²) in [5, 5.41) is 2.63. The van der Waals surface area contributed by atoms with E-state index in [0.29, 0.717) is 30.9 Å². The molecule has 1 amide bonds. The van der Waals surface area contributed by atoms with Crippen LogP contribution < -0.4 is 10.1 Å². The van der Waals surface area contributed by atoms with Crippen molar-refractivity contribution >= 4 is 11.6 Å². The lowest BCUT2D eigenvalue weighted by molar-refractivity contribution is -0.135. The van der Waals surface area contributed by atoms with Gasteiger partial charge in [-0.3, -0.25) is 4.79 Å². The van der Waals surface area contributed by atoms with Crippen molar-refractivity contribution < 1.29 is 22.7 Å². The van der Waals surface area contributed by atoms with E-state index in [2.05, 4.69) is 5.32 Å². The molecule has 0 spiro atoms.